The molecule has 0 heterocycles. The largest absolute Gasteiger partial charge is 0.412 e. The van der Waals surface area contributed by atoms with Crippen LogP contribution >= 0.6 is 15.9 Å². The van der Waals surface area contributed by atoms with Gasteiger partial charge in [-0.15, -0.1) is 0 Å². The van der Waals surface area contributed by atoms with E-state index in [4.69, 9.17) is 4.43 Å². The van der Waals surface area contributed by atoms with E-state index in [1.807, 2.05) is 0 Å². The molecule has 0 aromatic rings. The quantitative estimate of drug-likeness (QED) is 0.514. The second-order valence-corrected chi connectivity index (χ2v) is 11.9. The highest BCUT2D eigenvalue weighted by Crippen LogP contribution is 2.39. The van der Waals surface area contributed by atoms with Gasteiger partial charge in [0, 0.05) is 5.33 Å². The predicted octanol–water partition coefficient (Wildman–Crippen LogP) is 4.96. The summed E-state index contributed by atoms with van der Waals surface area (Å²) in [6.45, 7) is 16.0. The van der Waals surface area contributed by atoms with Crippen LogP contribution in [0, 0.1) is 0 Å². The zero-order chi connectivity index (χ0) is 12.3. The minimum absolute atomic E-state index is 0.0246. The van der Waals surface area contributed by atoms with Crippen molar-refractivity contribution in [2.24, 2.45) is 0 Å². The topological polar surface area (TPSA) is 9.23 Å². The predicted molar refractivity (Wildman–Crippen MR) is 75.4 cm³/mol. The average molecular weight is 295 g/mol. The number of rotatable bonds is 5. The molecule has 0 aromatic heterocycles. The van der Waals surface area contributed by atoms with Gasteiger partial charge < -0.3 is 4.43 Å². The Kier molecular flexibility index (Phi) is 5.56. The van der Waals surface area contributed by atoms with Crippen molar-refractivity contribution in [3.8, 4) is 0 Å². The van der Waals surface area contributed by atoms with Crippen LogP contribution in [-0.2, 0) is 4.43 Å². The fourth-order valence-electron chi connectivity index (χ4n) is 1.39. The van der Waals surface area contributed by atoms with Crippen molar-refractivity contribution in [3.05, 3.63) is 0 Å². The van der Waals surface area contributed by atoms with Gasteiger partial charge in [-0.3, -0.25) is 0 Å². The van der Waals surface area contributed by atoms with Gasteiger partial charge >= 0.3 is 0 Å². The number of hydrogen-bond donors (Lipinski definition) is 0. The summed E-state index contributed by atoms with van der Waals surface area (Å²) in [6.07, 6.45) is 2.31. The molecule has 15 heavy (non-hydrogen) atoms. The summed E-state index contributed by atoms with van der Waals surface area (Å²) in [5.41, 5.74) is 0.0246. The summed E-state index contributed by atoms with van der Waals surface area (Å²) in [6, 6.07) is 0. The Balaban J connectivity index is 4.43. The summed E-state index contributed by atoms with van der Waals surface area (Å²) < 4.78 is 6.41. The second-order valence-electron chi connectivity index (χ2n) is 6.41. The lowest BCUT2D eigenvalue weighted by Crippen LogP contribution is -2.47. The van der Waals surface area contributed by atoms with E-state index >= 15 is 0 Å². The van der Waals surface area contributed by atoms with E-state index in [1.165, 1.54) is 6.42 Å². The molecule has 0 aliphatic carbocycles. The van der Waals surface area contributed by atoms with Gasteiger partial charge in [-0.1, -0.05) is 36.7 Å². The molecule has 0 amide bonds. The maximum atomic E-state index is 6.41. The first-order valence-corrected chi connectivity index (χ1v) is 9.81. The fourth-order valence-corrected chi connectivity index (χ4v) is 3.46. The number of alkyl halides is 1. The van der Waals surface area contributed by atoms with Crippen molar-refractivity contribution in [1.29, 1.82) is 0 Å². The summed E-state index contributed by atoms with van der Waals surface area (Å²) in [4.78, 5) is 0. The van der Waals surface area contributed by atoms with Crippen LogP contribution < -0.4 is 0 Å². The molecule has 0 rings (SSSR count). The molecule has 0 N–H and O–H groups in total. The highest BCUT2D eigenvalue weighted by molar-refractivity contribution is 9.09. The first kappa shape index (κ1) is 15.7. The smallest absolute Gasteiger partial charge is 0.192 e. The minimum Gasteiger partial charge on any atom is -0.412 e. The molecule has 0 fully saturated rings. The van der Waals surface area contributed by atoms with E-state index in [1.54, 1.807) is 0 Å². The Bertz CT molecular complexity index is 194. The van der Waals surface area contributed by atoms with Crippen LogP contribution in [0.15, 0.2) is 0 Å². The van der Waals surface area contributed by atoms with Gasteiger partial charge in [0.15, 0.2) is 8.32 Å². The molecule has 92 valence electrons. The van der Waals surface area contributed by atoms with Crippen molar-refractivity contribution < 1.29 is 4.43 Å². The standard InChI is InChI=1S/C12H27BrOSi/c1-11(2,3)15(6,7)14-12(4,5)9-8-10-13/h8-10H2,1-7H3. The lowest BCUT2D eigenvalue weighted by Gasteiger charge is -2.42. The van der Waals surface area contributed by atoms with Crippen molar-refractivity contribution in [2.45, 2.75) is 71.2 Å². The normalized spacial score (nSPS) is 14.4. The lowest BCUT2D eigenvalue weighted by molar-refractivity contribution is 0.0820. The summed E-state index contributed by atoms with van der Waals surface area (Å²) in [5, 5.41) is 1.37. The molecular weight excluding hydrogens is 268 g/mol. The van der Waals surface area contributed by atoms with Crippen molar-refractivity contribution >= 4 is 24.2 Å². The first-order valence-electron chi connectivity index (χ1n) is 5.78. The molecule has 0 atom stereocenters. The van der Waals surface area contributed by atoms with Crippen LogP contribution in [0.5, 0.6) is 0 Å². The molecule has 0 aromatic carbocycles. The Morgan fingerprint density at radius 2 is 1.53 bits per heavy atom. The van der Waals surface area contributed by atoms with E-state index < -0.39 is 8.32 Å². The molecule has 1 nitrogen and oxygen atoms in total. The van der Waals surface area contributed by atoms with Gasteiger partial charge in [0.2, 0.25) is 0 Å². The van der Waals surface area contributed by atoms with Crippen molar-refractivity contribution in [3.63, 3.8) is 0 Å². The molecule has 0 bridgehead atoms. The SMILES string of the molecule is CC(C)(CCCBr)O[Si](C)(C)C(C)(C)C. The van der Waals surface area contributed by atoms with Gasteiger partial charge in [-0.2, -0.15) is 0 Å². The Morgan fingerprint density at radius 1 is 1.07 bits per heavy atom. The molecule has 0 saturated carbocycles. The molecule has 0 aliphatic rings. The van der Waals surface area contributed by atoms with Crippen LogP contribution in [0.25, 0.3) is 0 Å². The summed E-state index contributed by atoms with van der Waals surface area (Å²) >= 11 is 3.48. The molecule has 0 unspecified atom stereocenters. The molecule has 0 spiro atoms. The third-order valence-corrected chi connectivity index (χ3v) is 8.49. The molecular formula is C12H27BrOSi. The highest BCUT2D eigenvalue weighted by atomic mass is 79.9. The number of hydrogen-bond acceptors (Lipinski definition) is 1. The van der Waals surface area contributed by atoms with Gasteiger partial charge in [0.25, 0.3) is 0 Å². The van der Waals surface area contributed by atoms with Gasteiger partial charge in [-0.25, -0.2) is 0 Å². The van der Waals surface area contributed by atoms with Crippen LogP contribution in [0.2, 0.25) is 18.1 Å². The summed E-state index contributed by atoms with van der Waals surface area (Å²) in [7, 11) is -1.61. The van der Waals surface area contributed by atoms with Crippen molar-refractivity contribution in [2.75, 3.05) is 5.33 Å². The highest BCUT2D eigenvalue weighted by Gasteiger charge is 2.41. The lowest BCUT2D eigenvalue weighted by atomic mass is 10.0. The first-order chi connectivity index (χ1) is 6.52. The van der Waals surface area contributed by atoms with E-state index in [0.29, 0.717) is 5.04 Å². The van der Waals surface area contributed by atoms with Crippen LogP contribution in [0.1, 0.15) is 47.5 Å². The molecule has 0 saturated heterocycles. The van der Waals surface area contributed by atoms with E-state index in [2.05, 4.69) is 63.6 Å². The second kappa shape index (κ2) is 5.33. The van der Waals surface area contributed by atoms with Crippen LogP contribution in [0.4, 0.5) is 0 Å². The van der Waals surface area contributed by atoms with Gasteiger partial charge in [0.05, 0.1) is 5.60 Å². The van der Waals surface area contributed by atoms with Gasteiger partial charge in [-0.05, 0) is 44.8 Å². The Labute approximate surface area is 105 Å². The van der Waals surface area contributed by atoms with Gasteiger partial charge in [0.1, 0.15) is 0 Å². The van der Waals surface area contributed by atoms with E-state index in [9.17, 15) is 0 Å². The zero-order valence-electron chi connectivity index (χ0n) is 11.4. The van der Waals surface area contributed by atoms with Crippen molar-refractivity contribution in [1.82, 2.24) is 0 Å². The third-order valence-electron chi connectivity index (χ3n) is 3.25. The third kappa shape index (κ3) is 5.50. The number of halogens is 1. The zero-order valence-corrected chi connectivity index (χ0v) is 14.0. The monoisotopic (exact) mass is 294 g/mol. The molecule has 0 radical (unpaired) electrons. The Morgan fingerprint density at radius 3 is 1.87 bits per heavy atom. The average Bonchev–Trinajstić information content (AvgIpc) is 1.96. The Hall–Kier alpha value is 0.657. The maximum absolute atomic E-state index is 6.41. The minimum atomic E-state index is -1.61. The summed E-state index contributed by atoms with van der Waals surface area (Å²) in [5.74, 6) is 0. The van der Waals surface area contributed by atoms with E-state index in [-0.39, 0.29) is 5.60 Å². The fraction of sp³-hybridized carbons (Fsp3) is 1.00. The molecule has 3 heteroatoms. The van der Waals surface area contributed by atoms with Crippen LogP contribution in [-0.4, -0.2) is 19.2 Å². The maximum Gasteiger partial charge on any atom is 0.192 e. The molecule has 0 aliphatic heterocycles. The van der Waals surface area contributed by atoms with E-state index in [0.717, 1.165) is 11.8 Å². The van der Waals surface area contributed by atoms with Crippen LogP contribution in [0.3, 0.4) is 0 Å².